The van der Waals surface area contributed by atoms with Crippen LogP contribution in [0.2, 0.25) is 0 Å². The highest BCUT2D eigenvalue weighted by Crippen LogP contribution is 2.36. The maximum absolute atomic E-state index is 13.7. The van der Waals surface area contributed by atoms with Crippen molar-refractivity contribution in [2.24, 2.45) is 5.92 Å². The van der Waals surface area contributed by atoms with E-state index < -0.39 is 35.9 Å². The van der Waals surface area contributed by atoms with Gasteiger partial charge in [0.2, 0.25) is 5.91 Å². The largest absolute Gasteiger partial charge is 0.388 e. The number of thioether (sulfide) groups is 2. The number of nitrogens with zero attached hydrogens (tertiary/aromatic N) is 2. The van der Waals surface area contributed by atoms with Gasteiger partial charge >= 0.3 is 0 Å². The number of carbonyl (C=O) groups excluding carboxylic acids is 2. The van der Waals surface area contributed by atoms with E-state index in [0.717, 1.165) is 30.7 Å². The highest BCUT2D eigenvalue weighted by atomic mass is 32.2. The first-order chi connectivity index (χ1) is 19.7. The van der Waals surface area contributed by atoms with Crippen LogP contribution < -0.4 is 5.32 Å². The molecule has 3 fully saturated rings. The lowest BCUT2D eigenvalue weighted by molar-refractivity contribution is -0.205. The van der Waals surface area contributed by atoms with Gasteiger partial charge in [0.05, 0.1) is 30.9 Å². The number of aliphatic hydroxyl groups excluding tert-OH is 3. The van der Waals surface area contributed by atoms with Gasteiger partial charge in [-0.25, -0.2) is 0 Å². The van der Waals surface area contributed by atoms with Crippen LogP contribution in [-0.2, 0) is 14.3 Å². The number of likely N-dealkylation sites (N-methyl/N-ethyl adjacent to an activating group) is 1. The SMILES string of the molecule is CCC[C@@H]1C[C@@H](C(=O)N[C@@H]([C@H]2O[C@H](SC)[C@H](O)[C@@H](O)[C@H]2O)[C@@H](C)Sc2ccccc2C(=O)N2CCOCC2)N(C)C1. The molecule has 1 aromatic rings. The Balaban J connectivity index is 1.59. The lowest BCUT2D eigenvalue weighted by Crippen LogP contribution is -2.65. The summed E-state index contributed by atoms with van der Waals surface area (Å²) >= 11 is 2.66. The second-order valence-corrected chi connectivity index (χ2v) is 13.6. The van der Waals surface area contributed by atoms with Crippen LogP contribution in [0.3, 0.4) is 0 Å². The predicted molar refractivity (Wildman–Crippen MR) is 160 cm³/mol. The van der Waals surface area contributed by atoms with E-state index in [9.17, 15) is 24.9 Å². The minimum absolute atomic E-state index is 0.0753. The standard InChI is InChI=1S/C29H45N3O7S2/c1-5-8-18-15-20(31(3)16-18)27(36)30-22(26-24(34)23(33)25(35)29(39-26)40-4)17(2)41-21-10-7-6-9-19(21)28(37)32-11-13-38-14-12-32/h6-7,9-10,17-18,20,22-26,29,33-35H,5,8,11-16H2,1-4H3,(H,30,36)/t17-,18-,20+,22-,23+,24-,25-,26-,29-/m1/s1. The Bertz CT molecular complexity index is 1030. The van der Waals surface area contributed by atoms with Crippen molar-refractivity contribution in [1.82, 2.24) is 15.1 Å². The Labute approximate surface area is 251 Å². The summed E-state index contributed by atoms with van der Waals surface area (Å²) in [5.41, 5.74) is -0.204. The maximum atomic E-state index is 13.7. The summed E-state index contributed by atoms with van der Waals surface area (Å²) in [6.07, 6.45) is -0.454. The van der Waals surface area contributed by atoms with Crippen LogP contribution >= 0.6 is 23.5 Å². The van der Waals surface area contributed by atoms with Gasteiger partial charge in [-0.3, -0.25) is 14.5 Å². The van der Waals surface area contributed by atoms with E-state index in [0.29, 0.717) is 37.8 Å². The molecule has 2 amide bonds. The third kappa shape index (κ3) is 7.59. The van der Waals surface area contributed by atoms with Crippen molar-refractivity contribution >= 4 is 35.3 Å². The molecule has 12 heteroatoms. The van der Waals surface area contributed by atoms with E-state index in [1.165, 1.54) is 23.5 Å². The average molecular weight is 612 g/mol. The quantitative estimate of drug-likeness (QED) is 0.288. The number of amides is 2. The zero-order valence-corrected chi connectivity index (χ0v) is 26.0. The van der Waals surface area contributed by atoms with Gasteiger partial charge in [-0.2, -0.15) is 0 Å². The summed E-state index contributed by atoms with van der Waals surface area (Å²) in [4.78, 5) is 31.7. The molecule has 10 nitrogen and oxygen atoms in total. The van der Waals surface area contributed by atoms with Crippen LogP contribution in [-0.4, -0.2) is 130 Å². The first-order valence-corrected chi connectivity index (χ1v) is 16.7. The van der Waals surface area contributed by atoms with E-state index in [2.05, 4.69) is 17.1 Å². The molecule has 4 rings (SSSR count). The second kappa shape index (κ2) is 14.9. The number of morpholine rings is 1. The van der Waals surface area contributed by atoms with Crippen molar-refractivity contribution in [1.29, 1.82) is 0 Å². The van der Waals surface area contributed by atoms with Crippen molar-refractivity contribution in [2.75, 3.05) is 46.2 Å². The molecule has 3 aliphatic heterocycles. The molecule has 3 saturated heterocycles. The Morgan fingerprint density at radius 2 is 1.83 bits per heavy atom. The van der Waals surface area contributed by atoms with Gasteiger partial charge < -0.3 is 35.0 Å². The number of likely N-dealkylation sites (tertiary alicyclic amines) is 1. The fraction of sp³-hybridized carbons (Fsp3) is 0.724. The first kappa shape index (κ1) is 32.5. The minimum atomic E-state index is -1.43. The Morgan fingerprint density at radius 3 is 2.51 bits per heavy atom. The molecule has 0 unspecified atom stereocenters. The molecule has 0 aromatic heterocycles. The number of hydrogen-bond acceptors (Lipinski definition) is 10. The molecule has 0 aliphatic carbocycles. The fourth-order valence-corrected chi connectivity index (χ4v) is 7.97. The van der Waals surface area contributed by atoms with Gasteiger partial charge in [-0.1, -0.05) is 32.4 Å². The van der Waals surface area contributed by atoms with E-state index >= 15 is 0 Å². The number of benzene rings is 1. The summed E-state index contributed by atoms with van der Waals surface area (Å²) in [7, 11) is 1.95. The van der Waals surface area contributed by atoms with E-state index in [4.69, 9.17) is 9.47 Å². The number of hydrogen-bond donors (Lipinski definition) is 4. The number of ether oxygens (including phenoxy) is 2. The van der Waals surface area contributed by atoms with E-state index in [1.807, 2.05) is 32.2 Å². The summed E-state index contributed by atoms with van der Waals surface area (Å²) in [5, 5.41) is 35.0. The van der Waals surface area contributed by atoms with Crippen molar-refractivity contribution in [3.05, 3.63) is 29.8 Å². The van der Waals surface area contributed by atoms with Crippen molar-refractivity contribution < 1.29 is 34.4 Å². The molecular formula is C29H45N3O7S2. The van der Waals surface area contributed by atoms with Crippen molar-refractivity contribution in [3.8, 4) is 0 Å². The molecule has 1 aromatic carbocycles. The molecule has 0 bridgehead atoms. The Kier molecular flexibility index (Phi) is 11.8. The molecule has 3 aliphatic rings. The first-order valence-electron chi connectivity index (χ1n) is 14.5. The summed E-state index contributed by atoms with van der Waals surface area (Å²) in [6.45, 7) is 6.97. The van der Waals surface area contributed by atoms with Crippen LogP contribution in [0.25, 0.3) is 0 Å². The molecule has 0 saturated carbocycles. The second-order valence-electron chi connectivity index (χ2n) is 11.3. The molecule has 41 heavy (non-hydrogen) atoms. The van der Waals surface area contributed by atoms with Crippen LogP contribution in [0.1, 0.15) is 43.5 Å². The smallest absolute Gasteiger partial charge is 0.255 e. The lowest BCUT2D eigenvalue weighted by atomic mass is 9.92. The molecule has 4 N–H and O–H groups in total. The number of aliphatic hydroxyl groups is 3. The molecule has 9 atom stereocenters. The lowest BCUT2D eigenvalue weighted by Gasteiger charge is -2.44. The van der Waals surface area contributed by atoms with Crippen LogP contribution in [0, 0.1) is 5.92 Å². The summed E-state index contributed by atoms with van der Waals surface area (Å²) < 4.78 is 11.6. The molecular weight excluding hydrogens is 566 g/mol. The monoisotopic (exact) mass is 611 g/mol. The minimum Gasteiger partial charge on any atom is -0.388 e. The van der Waals surface area contributed by atoms with Gasteiger partial charge in [0.15, 0.2) is 0 Å². The van der Waals surface area contributed by atoms with Gasteiger partial charge in [-0.05, 0) is 44.2 Å². The van der Waals surface area contributed by atoms with E-state index in [1.54, 1.807) is 17.2 Å². The van der Waals surface area contributed by atoms with Gasteiger partial charge in [0.1, 0.15) is 29.9 Å². The van der Waals surface area contributed by atoms with Gasteiger partial charge in [0.25, 0.3) is 5.91 Å². The van der Waals surface area contributed by atoms with Crippen molar-refractivity contribution in [2.45, 2.75) is 85.2 Å². The maximum Gasteiger partial charge on any atom is 0.255 e. The number of rotatable bonds is 10. The van der Waals surface area contributed by atoms with Crippen LogP contribution in [0.4, 0.5) is 0 Å². The van der Waals surface area contributed by atoms with Crippen molar-refractivity contribution in [3.63, 3.8) is 0 Å². The van der Waals surface area contributed by atoms with Crippen LogP contribution in [0.5, 0.6) is 0 Å². The van der Waals surface area contributed by atoms with Gasteiger partial charge in [-0.15, -0.1) is 23.5 Å². The highest BCUT2D eigenvalue weighted by Gasteiger charge is 2.49. The third-order valence-electron chi connectivity index (χ3n) is 8.37. The number of nitrogens with one attached hydrogen (secondary N) is 1. The third-order valence-corrected chi connectivity index (χ3v) is 10.5. The number of carbonyl (C=O) groups is 2. The topological polar surface area (TPSA) is 132 Å². The Morgan fingerprint density at radius 1 is 1.12 bits per heavy atom. The van der Waals surface area contributed by atoms with E-state index in [-0.39, 0.29) is 23.1 Å². The molecule has 230 valence electrons. The zero-order valence-electron chi connectivity index (χ0n) is 24.3. The van der Waals surface area contributed by atoms with Gasteiger partial charge in [0, 0.05) is 29.8 Å². The molecule has 0 radical (unpaired) electrons. The van der Waals surface area contributed by atoms with Crippen LogP contribution in [0.15, 0.2) is 29.2 Å². The molecule has 0 spiro atoms. The Hall–Kier alpha value is -1.38. The molecule has 3 heterocycles. The summed E-state index contributed by atoms with van der Waals surface area (Å²) in [6, 6.07) is 6.36. The fourth-order valence-electron chi connectivity index (χ4n) is 6.08. The zero-order chi connectivity index (χ0) is 29.7. The highest BCUT2D eigenvalue weighted by molar-refractivity contribution is 8.00. The normalized spacial score (nSPS) is 32.5. The predicted octanol–water partition coefficient (Wildman–Crippen LogP) is 1.42. The average Bonchev–Trinajstić information content (AvgIpc) is 3.35. The summed E-state index contributed by atoms with van der Waals surface area (Å²) in [5.74, 6) is 0.213.